The molecule has 0 aliphatic heterocycles. The van der Waals surface area contributed by atoms with Gasteiger partial charge in [-0.3, -0.25) is 4.79 Å². The molecule has 0 amide bonds. The second-order valence-electron chi connectivity index (χ2n) is 6.53. The topological polar surface area (TPSA) is 26.3 Å². The van der Waals surface area contributed by atoms with E-state index in [0.717, 1.165) is 19.3 Å². The number of carbonyl (C=O) groups excluding carboxylic acids is 1. The normalized spacial score (nSPS) is 20.3. The van der Waals surface area contributed by atoms with E-state index in [0.29, 0.717) is 30.9 Å². The van der Waals surface area contributed by atoms with Gasteiger partial charge in [0.15, 0.2) is 17.5 Å². The highest BCUT2D eigenvalue weighted by Crippen LogP contribution is 2.32. The Bertz CT molecular complexity index is 715. The molecule has 1 saturated carbocycles. The number of benzene rings is 2. The van der Waals surface area contributed by atoms with E-state index in [1.54, 1.807) is 0 Å². The van der Waals surface area contributed by atoms with Crippen LogP contribution in [0.3, 0.4) is 0 Å². The minimum atomic E-state index is -1.57. The van der Waals surface area contributed by atoms with Gasteiger partial charge < -0.3 is 4.74 Å². The largest absolute Gasteiger partial charge is 0.426 e. The van der Waals surface area contributed by atoms with Crippen LogP contribution in [-0.4, -0.2) is 5.97 Å². The summed E-state index contributed by atoms with van der Waals surface area (Å²) in [5.74, 6) is -4.88. The smallest absolute Gasteiger partial charge is 0.314 e. The summed E-state index contributed by atoms with van der Waals surface area (Å²) in [7, 11) is 0. The highest BCUT2D eigenvalue weighted by atomic mass is 19.2. The molecule has 1 fully saturated rings. The highest BCUT2D eigenvalue weighted by molar-refractivity contribution is 5.75. The molecule has 2 aromatic rings. The first-order valence-electron chi connectivity index (χ1n) is 8.43. The monoisotopic (exact) mass is 348 g/mol. The van der Waals surface area contributed by atoms with Crippen LogP contribution in [-0.2, 0) is 11.2 Å². The van der Waals surface area contributed by atoms with Crippen LogP contribution in [0.5, 0.6) is 5.75 Å². The molecule has 0 unspecified atom stereocenters. The summed E-state index contributed by atoms with van der Waals surface area (Å²) in [5.41, 5.74) is 1.28. The first-order valence-corrected chi connectivity index (χ1v) is 8.43. The maximum absolute atomic E-state index is 13.2. The average molecular weight is 348 g/mol. The molecule has 0 saturated heterocycles. The Balaban J connectivity index is 1.53. The molecular weight excluding hydrogens is 329 g/mol. The van der Waals surface area contributed by atoms with Crippen LogP contribution in [0.4, 0.5) is 13.2 Å². The summed E-state index contributed by atoms with van der Waals surface area (Å²) in [5, 5.41) is 0. The van der Waals surface area contributed by atoms with Crippen LogP contribution in [0.1, 0.15) is 31.2 Å². The maximum atomic E-state index is 13.2. The van der Waals surface area contributed by atoms with Gasteiger partial charge in [-0.2, -0.15) is 0 Å². The predicted molar refractivity (Wildman–Crippen MR) is 87.5 cm³/mol. The maximum Gasteiger partial charge on any atom is 0.314 e. The van der Waals surface area contributed by atoms with E-state index in [4.69, 9.17) is 4.74 Å². The number of ether oxygens (including phenoxy) is 1. The zero-order valence-corrected chi connectivity index (χ0v) is 13.7. The molecule has 3 rings (SSSR count). The Kier molecular flexibility index (Phi) is 5.41. The van der Waals surface area contributed by atoms with E-state index >= 15 is 0 Å². The summed E-state index contributed by atoms with van der Waals surface area (Å²) in [6.07, 6.45) is 4.16. The van der Waals surface area contributed by atoms with Crippen molar-refractivity contribution in [3.63, 3.8) is 0 Å². The van der Waals surface area contributed by atoms with Crippen molar-refractivity contribution >= 4 is 5.97 Å². The van der Waals surface area contributed by atoms with Crippen molar-refractivity contribution in [1.29, 1.82) is 0 Å². The lowest BCUT2D eigenvalue weighted by molar-refractivity contribution is -0.140. The van der Waals surface area contributed by atoms with Crippen LogP contribution in [0.2, 0.25) is 0 Å². The van der Waals surface area contributed by atoms with Crippen LogP contribution in [0, 0.1) is 29.3 Å². The van der Waals surface area contributed by atoms with E-state index in [-0.39, 0.29) is 11.7 Å². The quantitative estimate of drug-likeness (QED) is 0.439. The van der Waals surface area contributed by atoms with E-state index in [1.807, 2.05) is 18.2 Å². The van der Waals surface area contributed by atoms with Crippen LogP contribution >= 0.6 is 0 Å². The molecule has 2 nitrogen and oxygen atoms in total. The standard InChI is InChI=1S/C20H19F3O2/c21-17-11-16(12-18(22)19(17)23)25-20(24)15-8-6-14(7-9-15)10-13-4-2-1-3-5-13/h1-5,11-12,14-15H,6-10H2. The molecule has 0 spiro atoms. The lowest BCUT2D eigenvalue weighted by Crippen LogP contribution is -2.26. The van der Waals surface area contributed by atoms with Gasteiger partial charge in [0.05, 0.1) is 5.92 Å². The van der Waals surface area contributed by atoms with E-state index < -0.39 is 23.4 Å². The SMILES string of the molecule is O=C(Oc1cc(F)c(F)c(F)c1)C1CCC(Cc2ccccc2)CC1. The first kappa shape index (κ1) is 17.5. The van der Waals surface area contributed by atoms with Crippen molar-refractivity contribution in [3.8, 4) is 5.75 Å². The second-order valence-corrected chi connectivity index (χ2v) is 6.53. The Hall–Kier alpha value is -2.30. The summed E-state index contributed by atoms with van der Waals surface area (Å²) < 4.78 is 44.3. The number of hydrogen-bond acceptors (Lipinski definition) is 2. The third-order valence-electron chi connectivity index (χ3n) is 4.72. The van der Waals surface area contributed by atoms with E-state index in [1.165, 1.54) is 5.56 Å². The van der Waals surface area contributed by atoms with Crippen molar-refractivity contribution in [3.05, 3.63) is 65.5 Å². The summed E-state index contributed by atoms with van der Waals surface area (Å²) in [6.45, 7) is 0. The fourth-order valence-electron chi connectivity index (χ4n) is 3.34. The van der Waals surface area contributed by atoms with Gasteiger partial charge in [-0.1, -0.05) is 30.3 Å². The van der Waals surface area contributed by atoms with Gasteiger partial charge in [-0.05, 0) is 43.6 Å². The van der Waals surface area contributed by atoms with Gasteiger partial charge >= 0.3 is 5.97 Å². The fraction of sp³-hybridized carbons (Fsp3) is 0.350. The first-order chi connectivity index (χ1) is 12.0. The van der Waals surface area contributed by atoms with E-state index in [2.05, 4.69) is 12.1 Å². The Labute approximate surface area is 144 Å². The average Bonchev–Trinajstić information content (AvgIpc) is 2.61. The lowest BCUT2D eigenvalue weighted by atomic mass is 9.79. The van der Waals surface area contributed by atoms with Crippen molar-refractivity contribution < 1.29 is 22.7 Å². The second kappa shape index (κ2) is 7.72. The molecule has 0 aromatic heterocycles. The highest BCUT2D eigenvalue weighted by Gasteiger charge is 2.28. The lowest BCUT2D eigenvalue weighted by Gasteiger charge is -2.27. The molecule has 0 radical (unpaired) electrons. The molecule has 0 atom stereocenters. The van der Waals surface area contributed by atoms with Gasteiger partial charge in [0.1, 0.15) is 5.75 Å². The van der Waals surface area contributed by atoms with Crippen LogP contribution < -0.4 is 4.74 Å². The molecule has 5 heteroatoms. The molecule has 0 heterocycles. The minimum Gasteiger partial charge on any atom is -0.426 e. The molecule has 1 aliphatic rings. The zero-order valence-electron chi connectivity index (χ0n) is 13.7. The van der Waals surface area contributed by atoms with Gasteiger partial charge in [0.2, 0.25) is 0 Å². The predicted octanol–water partition coefficient (Wildman–Crippen LogP) is 5.06. The third kappa shape index (κ3) is 4.41. The Morgan fingerprint density at radius 3 is 2.16 bits per heavy atom. The Morgan fingerprint density at radius 1 is 0.960 bits per heavy atom. The van der Waals surface area contributed by atoms with Crippen molar-refractivity contribution in [2.75, 3.05) is 0 Å². The minimum absolute atomic E-state index is 0.289. The van der Waals surface area contributed by atoms with Gasteiger partial charge in [-0.15, -0.1) is 0 Å². The van der Waals surface area contributed by atoms with Crippen LogP contribution in [0.25, 0.3) is 0 Å². The third-order valence-corrected chi connectivity index (χ3v) is 4.72. The number of rotatable bonds is 4. The molecule has 25 heavy (non-hydrogen) atoms. The van der Waals surface area contributed by atoms with Crippen LogP contribution in [0.15, 0.2) is 42.5 Å². The van der Waals surface area contributed by atoms with Crippen molar-refractivity contribution in [2.24, 2.45) is 11.8 Å². The van der Waals surface area contributed by atoms with Gasteiger partial charge in [-0.25, -0.2) is 13.2 Å². The molecule has 1 aliphatic carbocycles. The summed E-state index contributed by atoms with van der Waals surface area (Å²) in [6, 6.07) is 11.6. The zero-order chi connectivity index (χ0) is 17.8. The number of halogens is 3. The summed E-state index contributed by atoms with van der Waals surface area (Å²) >= 11 is 0. The number of carbonyl (C=O) groups is 1. The van der Waals surface area contributed by atoms with Gasteiger partial charge in [0.25, 0.3) is 0 Å². The number of hydrogen-bond donors (Lipinski definition) is 0. The fourth-order valence-corrected chi connectivity index (χ4v) is 3.34. The number of esters is 1. The molecule has 0 N–H and O–H groups in total. The summed E-state index contributed by atoms with van der Waals surface area (Å²) in [4.78, 5) is 12.2. The van der Waals surface area contributed by atoms with Crippen molar-refractivity contribution in [2.45, 2.75) is 32.1 Å². The van der Waals surface area contributed by atoms with Gasteiger partial charge in [0, 0.05) is 12.1 Å². The Morgan fingerprint density at radius 2 is 1.56 bits per heavy atom. The molecular formula is C20H19F3O2. The molecule has 0 bridgehead atoms. The van der Waals surface area contributed by atoms with Crippen molar-refractivity contribution in [1.82, 2.24) is 0 Å². The molecule has 2 aromatic carbocycles. The van der Waals surface area contributed by atoms with E-state index in [9.17, 15) is 18.0 Å². The molecule has 132 valence electrons.